The van der Waals surface area contributed by atoms with Gasteiger partial charge in [-0.3, -0.25) is 0 Å². The van der Waals surface area contributed by atoms with Gasteiger partial charge in [0.15, 0.2) is 0 Å². The monoisotopic (exact) mass is 447 g/mol. The zero-order valence-electron chi connectivity index (χ0n) is 17.7. The Morgan fingerprint density at radius 1 is 1.09 bits per heavy atom. The lowest BCUT2D eigenvalue weighted by Crippen LogP contribution is -2.12. The predicted octanol–water partition coefficient (Wildman–Crippen LogP) is 6.05. The summed E-state index contributed by atoms with van der Waals surface area (Å²) in [7, 11) is 0. The number of halogens is 1. The first-order valence-corrected chi connectivity index (χ1v) is 10.6. The summed E-state index contributed by atoms with van der Waals surface area (Å²) in [5.41, 5.74) is 3.51. The molecule has 1 heterocycles. The Bertz CT molecular complexity index is 1270. The van der Waals surface area contributed by atoms with Gasteiger partial charge in [0.05, 0.1) is 11.1 Å². The molecular weight excluding hydrogens is 426 g/mol. The summed E-state index contributed by atoms with van der Waals surface area (Å²) >= 11 is 6.48. The molecule has 6 nitrogen and oxygen atoms in total. The molecule has 0 fully saturated rings. The highest BCUT2D eigenvalue weighted by Gasteiger charge is 2.14. The minimum atomic E-state index is -0.960. The molecule has 7 heteroatoms. The largest absolute Gasteiger partial charge is 0.488 e. The number of carboxylic acids is 1. The first kappa shape index (κ1) is 21.6. The highest BCUT2D eigenvalue weighted by atomic mass is 35.5. The van der Waals surface area contributed by atoms with Crippen LogP contribution in [0.25, 0.3) is 22.0 Å². The molecule has 0 saturated carbocycles. The number of aromatic nitrogens is 2. The molecule has 0 atom stereocenters. The van der Waals surface area contributed by atoms with Gasteiger partial charge in [-0.15, -0.1) is 0 Å². The van der Waals surface area contributed by atoms with Crippen molar-refractivity contribution in [2.75, 3.05) is 5.32 Å². The zero-order valence-corrected chi connectivity index (χ0v) is 18.4. The highest BCUT2D eigenvalue weighted by Crippen LogP contribution is 2.38. The lowest BCUT2D eigenvalue weighted by atomic mass is 10.0. The molecule has 0 bridgehead atoms. The van der Waals surface area contributed by atoms with Gasteiger partial charge in [0.25, 0.3) is 0 Å². The molecular formula is C25H22ClN3O3. The lowest BCUT2D eigenvalue weighted by Gasteiger charge is -2.15. The second-order valence-electron chi connectivity index (χ2n) is 7.67. The molecule has 4 rings (SSSR count). The van der Waals surface area contributed by atoms with Crippen LogP contribution in [0.3, 0.4) is 0 Å². The van der Waals surface area contributed by atoms with Crippen LogP contribution in [0.5, 0.6) is 5.75 Å². The van der Waals surface area contributed by atoms with E-state index in [4.69, 9.17) is 21.4 Å². The average Bonchev–Trinajstić information content (AvgIpc) is 2.77. The number of nitrogens with zero attached hydrogens (tertiary/aromatic N) is 2. The summed E-state index contributed by atoms with van der Waals surface area (Å²) in [6.45, 7) is 4.32. The van der Waals surface area contributed by atoms with Crippen LogP contribution in [0.15, 0.2) is 66.9 Å². The Balaban J connectivity index is 1.73. The number of anilines is 1. The minimum absolute atomic E-state index is 0.208. The van der Waals surface area contributed by atoms with Crippen molar-refractivity contribution in [1.29, 1.82) is 0 Å². The van der Waals surface area contributed by atoms with Crippen LogP contribution in [-0.4, -0.2) is 27.1 Å². The summed E-state index contributed by atoms with van der Waals surface area (Å²) in [5, 5.41) is 13.8. The van der Waals surface area contributed by atoms with E-state index < -0.39 is 5.97 Å². The number of rotatable bonds is 7. The number of ether oxygens (including phenoxy) is 1. The van der Waals surface area contributed by atoms with Gasteiger partial charge in [-0.25, -0.2) is 14.8 Å². The van der Waals surface area contributed by atoms with Crippen molar-refractivity contribution < 1.29 is 14.6 Å². The van der Waals surface area contributed by atoms with Crippen LogP contribution < -0.4 is 10.1 Å². The van der Waals surface area contributed by atoms with E-state index in [1.807, 2.05) is 50.2 Å². The molecule has 1 aromatic heterocycles. The highest BCUT2D eigenvalue weighted by molar-refractivity contribution is 6.33. The van der Waals surface area contributed by atoms with E-state index in [0.717, 1.165) is 27.6 Å². The average molecular weight is 448 g/mol. The fourth-order valence-electron chi connectivity index (χ4n) is 3.30. The number of nitrogens with one attached hydrogen (secondary N) is 1. The number of aromatic carboxylic acids is 1. The van der Waals surface area contributed by atoms with Crippen LogP contribution >= 0.6 is 11.6 Å². The van der Waals surface area contributed by atoms with Crippen LogP contribution in [0, 0.1) is 0 Å². The molecule has 162 valence electrons. The standard InChI is InChI=1S/C25H22ClN3O3/c1-15(2)28-25-27-13-18-11-20(19-5-3-4-6-21(19)26)23(12-22(18)29-25)32-14-16-7-9-17(10-8-16)24(30)31/h3-13,15H,14H2,1-2H3,(H,30,31)(H,27,28,29). The number of hydrogen-bond acceptors (Lipinski definition) is 5. The fourth-order valence-corrected chi connectivity index (χ4v) is 3.54. The first-order valence-electron chi connectivity index (χ1n) is 10.2. The topological polar surface area (TPSA) is 84.3 Å². The van der Waals surface area contributed by atoms with Gasteiger partial charge in [0.1, 0.15) is 12.4 Å². The normalized spacial score (nSPS) is 11.0. The van der Waals surface area contributed by atoms with E-state index in [1.165, 1.54) is 0 Å². The molecule has 0 aliphatic rings. The Hall–Kier alpha value is -3.64. The summed E-state index contributed by atoms with van der Waals surface area (Å²) < 4.78 is 6.18. The number of hydrogen-bond donors (Lipinski definition) is 2. The number of carbonyl (C=O) groups is 1. The van der Waals surface area contributed by atoms with Gasteiger partial charge in [0.2, 0.25) is 5.95 Å². The molecule has 0 amide bonds. The van der Waals surface area contributed by atoms with Crippen LogP contribution in [0.2, 0.25) is 5.02 Å². The lowest BCUT2D eigenvalue weighted by molar-refractivity contribution is 0.0697. The van der Waals surface area contributed by atoms with E-state index in [1.54, 1.807) is 30.5 Å². The van der Waals surface area contributed by atoms with E-state index in [-0.39, 0.29) is 18.2 Å². The van der Waals surface area contributed by atoms with Crippen LogP contribution in [0.1, 0.15) is 29.8 Å². The Labute approximate surface area is 190 Å². The van der Waals surface area contributed by atoms with Gasteiger partial charge in [-0.2, -0.15) is 0 Å². The van der Waals surface area contributed by atoms with E-state index in [9.17, 15) is 4.79 Å². The number of benzene rings is 3. The quantitative estimate of drug-likeness (QED) is 0.359. The Morgan fingerprint density at radius 2 is 1.84 bits per heavy atom. The molecule has 2 N–H and O–H groups in total. The maximum absolute atomic E-state index is 11.1. The Kier molecular flexibility index (Phi) is 6.23. The van der Waals surface area contributed by atoms with Crippen molar-refractivity contribution in [3.05, 3.63) is 83.0 Å². The molecule has 4 aromatic rings. The van der Waals surface area contributed by atoms with Gasteiger partial charge >= 0.3 is 5.97 Å². The number of fused-ring (bicyclic) bond motifs is 1. The second kappa shape index (κ2) is 9.24. The summed E-state index contributed by atoms with van der Waals surface area (Å²) in [6, 6.07) is 18.2. The third kappa shape index (κ3) is 4.81. The second-order valence-corrected chi connectivity index (χ2v) is 8.08. The third-order valence-electron chi connectivity index (χ3n) is 4.86. The molecule has 0 saturated heterocycles. The zero-order chi connectivity index (χ0) is 22.7. The molecule has 0 aliphatic carbocycles. The SMILES string of the molecule is CC(C)Nc1ncc2cc(-c3ccccc3Cl)c(OCc3ccc(C(=O)O)cc3)cc2n1. The molecule has 32 heavy (non-hydrogen) atoms. The minimum Gasteiger partial charge on any atom is -0.488 e. The fraction of sp³-hybridized carbons (Fsp3) is 0.160. The summed E-state index contributed by atoms with van der Waals surface area (Å²) in [4.78, 5) is 20.1. The molecule has 0 spiro atoms. The number of carboxylic acid groups (broad SMARTS) is 1. The van der Waals surface area contributed by atoms with Gasteiger partial charge in [-0.1, -0.05) is 41.9 Å². The van der Waals surface area contributed by atoms with Gasteiger partial charge in [0, 0.05) is 39.8 Å². The van der Waals surface area contributed by atoms with Gasteiger partial charge < -0.3 is 15.2 Å². The van der Waals surface area contributed by atoms with E-state index >= 15 is 0 Å². The van der Waals surface area contributed by atoms with Crippen molar-refractivity contribution in [2.24, 2.45) is 0 Å². The van der Waals surface area contributed by atoms with Crippen molar-refractivity contribution in [1.82, 2.24) is 9.97 Å². The third-order valence-corrected chi connectivity index (χ3v) is 5.19. The maximum Gasteiger partial charge on any atom is 0.335 e. The van der Waals surface area contributed by atoms with Crippen molar-refractivity contribution >= 4 is 34.4 Å². The molecule has 0 unspecified atom stereocenters. The van der Waals surface area contributed by atoms with E-state index in [0.29, 0.717) is 16.7 Å². The summed E-state index contributed by atoms with van der Waals surface area (Å²) in [6.07, 6.45) is 1.78. The molecule has 0 aliphatic heterocycles. The van der Waals surface area contributed by atoms with Crippen molar-refractivity contribution in [3.63, 3.8) is 0 Å². The maximum atomic E-state index is 11.1. The molecule has 3 aromatic carbocycles. The van der Waals surface area contributed by atoms with Gasteiger partial charge in [-0.05, 0) is 43.7 Å². The Morgan fingerprint density at radius 3 is 2.53 bits per heavy atom. The molecule has 0 radical (unpaired) electrons. The van der Waals surface area contributed by atoms with Crippen LogP contribution in [-0.2, 0) is 6.61 Å². The van der Waals surface area contributed by atoms with E-state index in [2.05, 4.69) is 15.3 Å². The smallest absolute Gasteiger partial charge is 0.335 e. The predicted molar refractivity (Wildman–Crippen MR) is 126 cm³/mol. The van der Waals surface area contributed by atoms with Crippen LogP contribution in [0.4, 0.5) is 5.95 Å². The van der Waals surface area contributed by atoms with Crippen molar-refractivity contribution in [3.8, 4) is 16.9 Å². The first-order chi connectivity index (χ1) is 15.4. The van der Waals surface area contributed by atoms with Crippen molar-refractivity contribution in [2.45, 2.75) is 26.5 Å². The summed E-state index contributed by atoms with van der Waals surface area (Å²) in [5.74, 6) is 0.216.